The van der Waals surface area contributed by atoms with E-state index in [9.17, 15) is 22.8 Å². The zero-order valence-electron chi connectivity index (χ0n) is 12.4. The fourth-order valence-electron chi connectivity index (χ4n) is 1.92. The zero-order valence-corrected chi connectivity index (χ0v) is 12.4. The molecule has 7 nitrogen and oxygen atoms in total. The first-order valence-electron chi connectivity index (χ1n) is 6.65. The number of carbonyl (C=O) groups excluding carboxylic acids is 1. The van der Waals surface area contributed by atoms with Crippen LogP contribution in [0, 0.1) is 13.8 Å². The third kappa shape index (κ3) is 4.18. The van der Waals surface area contributed by atoms with Crippen molar-refractivity contribution >= 4 is 5.91 Å². The number of nitrogens with one attached hydrogen (secondary N) is 2. The van der Waals surface area contributed by atoms with Crippen LogP contribution in [0.1, 0.15) is 28.2 Å². The predicted octanol–water partition coefficient (Wildman–Crippen LogP) is 1.25. The second-order valence-corrected chi connectivity index (χ2v) is 4.89. The maximum Gasteiger partial charge on any atom is 0.390 e. The summed E-state index contributed by atoms with van der Waals surface area (Å²) in [6.07, 6.45) is -4.24. The van der Waals surface area contributed by atoms with Gasteiger partial charge in [-0.05, 0) is 13.8 Å². The average molecular weight is 329 g/mol. The fraction of sp³-hybridized carbons (Fsp3) is 0.385. The van der Waals surface area contributed by atoms with Gasteiger partial charge in [-0.15, -0.1) is 0 Å². The molecule has 0 radical (unpaired) electrons. The Bertz CT molecular complexity index is 779. The molecule has 0 atom stereocenters. The Morgan fingerprint density at radius 3 is 2.70 bits per heavy atom. The number of hydrogen-bond donors (Lipinski definition) is 2. The minimum absolute atomic E-state index is 0.108. The van der Waals surface area contributed by atoms with Gasteiger partial charge in [0.1, 0.15) is 0 Å². The number of nitrogens with zero attached hydrogens (tertiary/aromatic N) is 3. The quantitative estimate of drug-likeness (QED) is 0.883. The summed E-state index contributed by atoms with van der Waals surface area (Å²) in [6, 6.07) is 1.30. The van der Waals surface area contributed by atoms with Crippen molar-refractivity contribution in [2.24, 2.45) is 0 Å². The molecule has 0 saturated heterocycles. The molecule has 1 amide bonds. The maximum absolute atomic E-state index is 12.1. The highest BCUT2D eigenvalue weighted by Gasteiger charge is 2.27. The third-order valence-electron chi connectivity index (χ3n) is 3.01. The van der Waals surface area contributed by atoms with Crippen molar-refractivity contribution in [1.82, 2.24) is 25.1 Å². The molecule has 10 heteroatoms. The zero-order chi connectivity index (χ0) is 17.2. The van der Waals surface area contributed by atoms with Crippen LogP contribution in [0.2, 0.25) is 0 Å². The van der Waals surface area contributed by atoms with E-state index < -0.39 is 25.0 Å². The Labute approximate surface area is 128 Å². The van der Waals surface area contributed by atoms with Crippen LogP contribution in [-0.4, -0.2) is 38.4 Å². The molecule has 23 heavy (non-hydrogen) atoms. The van der Waals surface area contributed by atoms with Crippen LogP contribution in [0.25, 0.3) is 5.95 Å². The van der Waals surface area contributed by atoms with Crippen molar-refractivity contribution in [2.75, 3.05) is 6.54 Å². The van der Waals surface area contributed by atoms with E-state index in [0.717, 1.165) is 0 Å². The van der Waals surface area contributed by atoms with Crippen LogP contribution in [-0.2, 0) is 0 Å². The number of hydrogen-bond acceptors (Lipinski definition) is 4. The molecule has 0 fully saturated rings. The molecule has 2 aromatic heterocycles. The van der Waals surface area contributed by atoms with E-state index >= 15 is 0 Å². The lowest BCUT2D eigenvalue weighted by atomic mass is 10.2. The van der Waals surface area contributed by atoms with Crippen LogP contribution < -0.4 is 10.9 Å². The summed E-state index contributed by atoms with van der Waals surface area (Å²) in [5, 5.41) is 6.13. The summed E-state index contributed by atoms with van der Waals surface area (Å²) < 4.78 is 37.5. The normalized spacial score (nSPS) is 11.5. The Morgan fingerprint density at radius 1 is 1.39 bits per heavy atom. The smallest absolute Gasteiger partial charge is 0.352 e. The number of rotatable bonds is 4. The minimum Gasteiger partial charge on any atom is -0.352 e. The Morgan fingerprint density at radius 2 is 2.09 bits per heavy atom. The number of alkyl halides is 3. The molecule has 0 unspecified atom stereocenters. The molecule has 0 bridgehead atoms. The van der Waals surface area contributed by atoms with Crippen LogP contribution in [0.3, 0.4) is 0 Å². The standard InChI is InChI=1S/C13H14F3N5O2/c1-7-5-10(22)20-12(19-7)21-8(2)9(6-18-21)11(23)17-4-3-13(14,15)16/h5-6H,3-4H2,1-2H3,(H,17,23)(H,19,20,22). The lowest BCUT2D eigenvalue weighted by molar-refractivity contribution is -0.132. The van der Waals surface area contributed by atoms with Crippen molar-refractivity contribution in [3.05, 3.63) is 39.6 Å². The van der Waals surface area contributed by atoms with E-state index in [2.05, 4.69) is 20.4 Å². The van der Waals surface area contributed by atoms with Gasteiger partial charge in [-0.1, -0.05) is 0 Å². The summed E-state index contributed by atoms with van der Waals surface area (Å²) in [5.41, 5.74) is 0.549. The highest BCUT2D eigenvalue weighted by atomic mass is 19.4. The first kappa shape index (κ1) is 16.7. The third-order valence-corrected chi connectivity index (χ3v) is 3.01. The number of aryl methyl sites for hydroxylation is 1. The van der Waals surface area contributed by atoms with Crippen molar-refractivity contribution < 1.29 is 18.0 Å². The summed E-state index contributed by atoms with van der Waals surface area (Å²) in [7, 11) is 0. The average Bonchev–Trinajstić information content (AvgIpc) is 2.77. The van der Waals surface area contributed by atoms with Crippen molar-refractivity contribution in [1.29, 1.82) is 0 Å². The Kier molecular flexibility index (Phi) is 4.52. The van der Waals surface area contributed by atoms with Crippen LogP contribution in [0.4, 0.5) is 13.2 Å². The molecular formula is C13H14F3N5O2. The van der Waals surface area contributed by atoms with E-state index in [4.69, 9.17) is 0 Å². The van der Waals surface area contributed by atoms with Crippen LogP contribution in [0.5, 0.6) is 0 Å². The summed E-state index contributed by atoms with van der Waals surface area (Å²) in [4.78, 5) is 29.9. The van der Waals surface area contributed by atoms with Gasteiger partial charge in [0.05, 0.1) is 23.9 Å². The van der Waals surface area contributed by atoms with Gasteiger partial charge in [-0.3, -0.25) is 14.6 Å². The summed E-state index contributed by atoms with van der Waals surface area (Å²) >= 11 is 0. The van der Waals surface area contributed by atoms with E-state index in [1.807, 2.05) is 0 Å². The molecule has 2 N–H and O–H groups in total. The molecule has 0 spiro atoms. The molecule has 0 aliphatic heterocycles. The van der Waals surface area contributed by atoms with E-state index in [1.165, 1.54) is 16.9 Å². The van der Waals surface area contributed by atoms with Gasteiger partial charge in [0, 0.05) is 18.3 Å². The van der Waals surface area contributed by atoms with Gasteiger partial charge in [-0.2, -0.15) is 18.3 Å². The fourth-order valence-corrected chi connectivity index (χ4v) is 1.92. The van der Waals surface area contributed by atoms with Crippen molar-refractivity contribution in [2.45, 2.75) is 26.4 Å². The molecular weight excluding hydrogens is 315 g/mol. The number of aromatic nitrogens is 4. The number of halogens is 3. The molecule has 0 aromatic carbocycles. The van der Waals surface area contributed by atoms with Gasteiger partial charge < -0.3 is 5.32 Å². The van der Waals surface area contributed by atoms with Gasteiger partial charge in [0.15, 0.2) is 0 Å². The monoisotopic (exact) mass is 329 g/mol. The van der Waals surface area contributed by atoms with Gasteiger partial charge >= 0.3 is 6.18 Å². The second-order valence-electron chi connectivity index (χ2n) is 4.89. The molecule has 124 valence electrons. The van der Waals surface area contributed by atoms with Gasteiger partial charge in [0.25, 0.3) is 11.5 Å². The molecule has 2 aromatic rings. The van der Waals surface area contributed by atoms with Gasteiger partial charge in [-0.25, -0.2) is 9.67 Å². The van der Waals surface area contributed by atoms with Crippen LogP contribution >= 0.6 is 0 Å². The van der Waals surface area contributed by atoms with E-state index in [0.29, 0.717) is 11.4 Å². The molecule has 0 aliphatic carbocycles. The second kappa shape index (κ2) is 6.23. The summed E-state index contributed by atoms with van der Waals surface area (Å²) in [5.74, 6) is -0.546. The molecule has 2 heterocycles. The number of carbonyl (C=O) groups is 1. The number of amides is 1. The Hall–Kier alpha value is -2.65. The predicted molar refractivity (Wildman–Crippen MR) is 74.5 cm³/mol. The molecule has 0 aliphatic rings. The van der Waals surface area contributed by atoms with Crippen LogP contribution in [0.15, 0.2) is 17.1 Å². The molecule has 0 saturated carbocycles. The minimum atomic E-state index is -4.34. The number of H-pyrrole nitrogens is 1. The lowest BCUT2D eigenvalue weighted by Crippen LogP contribution is -2.28. The SMILES string of the molecule is Cc1cc(=O)[nH]c(-n2ncc(C(=O)NCCC(F)(F)F)c2C)n1. The molecule has 2 rings (SSSR count). The Balaban J connectivity index is 2.19. The highest BCUT2D eigenvalue weighted by Crippen LogP contribution is 2.18. The first-order valence-corrected chi connectivity index (χ1v) is 6.65. The summed E-state index contributed by atoms with van der Waals surface area (Å²) in [6.45, 7) is 2.66. The lowest BCUT2D eigenvalue weighted by Gasteiger charge is -2.08. The largest absolute Gasteiger partial charge is 0.390 e. The van der Waals surface area contributed by atoms with Crippen molar-refractivity contribution in [3.8, 4) is 5.95 Å². The highest BCUT2D eigenvalue weighted by molar-refractivity contribution is 5.95. The number of aromatic amines is 1. The van der Waals surface area contributed by atoms with Gasteiger partial charge in [0.2, 0.25) is 5.95 Å². The van der Waals surface area contributed by atoms with Crippen molar-refractivity contribution in [3.63, 3.8) is 0 Å². The topological polar surface area (TPSA) is 92.7 Å². The maximum atomic E-state index is 12.1. The first-order chi connectivity index (χ1) is 10.7. The van der Waals surface area contributed by atoms with E-state index in [-0.39, 0.29) is 17.1 Å². The van der Waals surface area contributed by atoms with E-state index in [1.54, 1.807) is 13.8 Å².